The van der Waals surface area contributed by atoms with Crippen molar-refractivity contribution in [3.05, 3.63) is 211 Å². The molecule has 0 atom stereocenters. The van der Waals surface area contributed by atoms with Crippen LogP contribution in [0.25, 0.3) is 96.0 Å². The average Bonchev–Trinajstić information content (AvgIpc) is 3.68. The van der Waals surface area contributed by atoms with E-state index < -0.39 is 0 Å². The second kappa shape index (κ2) is 13.5. The smallest absolute Gasteiger partial charge is 0.164 e. The number of aromatic nitrogens is 5. The van der Waals surface area contributed by atoms with Crippen LogP contribution >= 0.6 is 0 Å². The summed E-state index contributed by atoms with van der Waals surface area (Å²) >= 11 is 0. The molecule has 10 aromatic rings. The largest absolute Gasteiger partial charge is 0.309 e. The van der Waals surface area contributed by atoms with E-state index in [0.717, 1.165) is 56.0 Å². The third-order valence-electron chi connectivity index (χ3n) is 10.8. The zero-order chi connectivity index (χ0) is 37.7. The lowest BCUT2D eigenvalue weighted by molar-refractivity contribution is 1.07. The van der Waals surface area contributed by atoms with Crippen molar-refractivity contribution in [2.24, 2.45) is 0 Å². The summed E-state index contributed by atoms with van der Waals surface area (Å²) in [5.41, 5.74) is 16.5. The summed E-state index contributed by atoms with van der Waals surface area (Å²) in [6.07, 6.45) is 6.53. The molecule has 3 aromatic heterocycles. The molecule has 0 aliphatic heterocycles. The first-order valence-corrected chi connectivity index (χ1v) is 19.1. The van der Waals surface area contributed by atoms with Crippen molar-refractivity contribution < 1.29 is 0 Å². The van der Waals surface area contributed by atoms with Crippen molar-refractivity contribution in [3.8, 4) is 45.5 Å². The number of para-hydroxylation sites is 3. The van der Waals surface area contributed by atoms with Crippen LogP contribution in [0.1, 0.15) is 16.8 Å². The van der Waals surface area contributed by atoms with E-state index in [1.807, 2.05) is 60.7 Å². The van der Waals surface area contributed by atoms with Crippen molar-refractivity contribution in [2.75, 3.05) is 0 Å². The minimum Gasteiger partial charge on any atom is -0.309 e. The lowest BCUT2D eigenvalue weighted by atomic mass is 10.00. The topological polar surface area (TPSA) is 48.5 Å². The fourth-order valence-electron chi connectivity index (χ4n) is 8.16. The van der Waals surface area contributed by atoms with Crippen LogP contribution in [-0.2, 0) is 0 Å². The maximum Gasteiger partial charge on any atom is 0.164 e. The molecule has 7 aromatic carbocycles. The van der Waals surface area contributed by atoms with Gasteiger partial charge < -0.3 is 9.13 Å². The fourth-order valence-corrected chi connectivity index (χ4v) is 8.16. The molecule has 1 aliphatic carbocycles. The quantitative estimate of drug-likeness (QED) is 0.160. The SMILES string of the molecule is C1=CC(c2ccc3c(c2)c2ccccc2n3-c2ccccc2)=Cc2c(n(-c3cccc(-c4nc(-c5ccccc5)nc(-c5ccccc5)n4)c3)c3ccccc23)C=1. The van der Waals surface area contributed by atoms with Crippen LogP contribution < -0.4 is 0 Å². The predicted octanol–water partition coefficient (Wildman–Crippen LogP) is 12.6. The average molecular weight is 728 g/mol. The third-order valence-corrected chi connectivity index (χ3v) is 10.8. The van der Waals surface area contributed by atoms with E-state index in [4.69, 9.17) is 15.0 Å². The normalized spacial score (nSPS) is 12.2. The summed E-state index contributed by atoms with van der Waals surface area (Å²) in [5, 5.41) is 3.62. The van der Waals surface area contributed by atoms with E-state index in [1.54, 1.807) is 0 Å². The minimum absolute atomic E-state index is 0.619. The van der Waals surface area contributed by atoms with E-state index in [-0.39, 0.29) is 0 Å². The van der Waals surface area contributed by atoms with Gasteiger partial charge >= 0.3 is 0 Å². The number of hydrogen-bond donors (Lipinski definition) is 0. The zero-order valence-electron chi connectivity index (χ0n) is 30.8. The molecule has 0 saturated carbocycles. The van der Waals surface area contributed by atoms with E-state index in [1.165, 1.54) is 27.2 Å². The maximum absolute atomic E-state index is 5.02. The monoisotopic (exact) mass is 727 g/mol. The Hall–Kier alpha value is -7.85. The molecule has 0 N–H and O–H groups in total. The molecule has 266 valence electrons. The van der Waals surface area contributed by atoms with Gasteiger partial charge in [0.1, 0.15) is 0 Å². The van der Waals surface area contributed by atoms with Crippen LogP contribution in [0.5, 0.6) is 0 Å². The highest BCUT2D eigenvalue weighted by Gasteiger charge is 2.20. The van der Waals surface area contributed by atoms with Crippen LogP contribution in [0.2, 0.25) is 0 Å². The number of hydrogen-bond acceptors (Lipinski definition) is 3. The van der Waals surface area contributed by atoms with Gasteiger partial charge in [-0.1, -0.05) is 133 Å². The Kier molecular flexibility index (Phi) is 7.70. The Labute approximate surface area is 329 Å². The van der Waals surface area contributed by atoms with E-state index >= 15 is 0 Å². The second-order valence-electron chi connectivity index (χ2n) is 14.2. The van der Waals surface area contributed by atoms with E-state index in [2.05, 4.69) is 154 Å². The fraction of sp³-hybridized carbons (Fsp3) is 0. The first-order chi connectivity index (χ1) is 28.3. The number of rotatable bonds is 6. The van der Waals surface area contributed by atoms with Crippen LogP contribution in [0.3, 0.4) is 0 Å². The Bertz CT molecular complexity index is 3200. The molecule has 0 unspecified atom stereocenters. The molecule has 0 saturated heterocycles. The van der Waals surface area contributed by atoms with E-state index in [9.17, 15) is 0 Å². The van der Waals surface area contributed by atoms with Crippen LogP contribution in [0.4, 0.5) is 0 Å². The summed E-state index contributed by atoms with van der Waals surface area (Å²) in [6, 6.07) is 63.4. The predicted molar refractivity (Wildman–Crippen MR) is 234 cm³/mol. The molecule has 5 nitrogen and oxygen atoms in total. The summed E-state index contributed by atoms with van der Waals surface area (Å²) in [7, 11) is 0. The van der Waals surface area contributed by atoms with Gasteiger partial charge in [0, 0.05) is 55.9 Å². The first kappa shape index (κ1) is 32.6. The standard InChI is InChI=1S/C52H33N5/c1-4-16-35(17-5-1)50-53-51(36-18-6-2-7-19-36)55-52(54-50)39-21-14-24-41(32-39)57-47-28-13-11-25-42(47)44-33-37(20-15-29-48(44)57)38-30-31-49-45(34-38)43-26-10-12-27-46(43)56(49)40-22-8-3-9-23-40/h1-14,16-34H. The highest BCUT2D eigenvalue weighted by atomic mass is 15.0. The molecule has 1 aliphatic rings. The highest BCUT2D eigenvalue weighted by molar-refractivity contribution is 6.11. The van der Waals surface area contributed by atoms with Crippen LogP contribution in [0, 0.1) is 0 Å². The molecule has 0 bridgehead atoms. The van der Waals surface area contributed by atoms with Gasteiger partial charge in [-0.25, -0.2) is 15.0 Å². The molecule has 0 amide bonds. The molecule has 5 heteroatoms. The van der Waals surface area contributed by atoms with Crippen molar-refractivity contribution in [1.29, 1.82) is 0 Å². The van der Waals surface area contributed by atoms with Gasteiger partial charge in [0.05, 0.1) is 22.2 Å². The molecule has 3 heterocycles. The third kappa shape index (κ3) is 5.61. The van der Waals surface area contributed by atoms with Gasteiger partial charge in [-0.2, -0.15) is 0 Å². The molecule has 57 heavy (non-hydrogen) atoms. The lowest BCUT2D eigenvalue weighted by Crippen LogP contribution is -2.01. The molecule has 11 rings (SSSR count). The van der Waals surface area contributed by atoms with E-state index in [0.29, 0.717) is 17.5 Å². The van der Waals surface area contributed by atoms with Crippen LogP contribution in [0.15, 0.2) is 194 Å². The van der Waals surface area contributed by atoms with Gasteiger partial charge in [-0.05, 0) is 71.8 Å². The number of nitrogens with zero attached hydrogens (tertiary/aromatic N) is 5. The van der Waals surface area contributed by atoms with Gasteiger partial charge in [0.15, 0.2) is 17.5 Å². The minimum atomic E-state index is 0.619. The Morgan fingerprint density at radius 3 is 1.61 bits per heavy atom. The highest BCUT2D eigenvalue weighted by Crippen LogP contribution is 2.38. The Balaban J connectivity index is 1.05. The molecule has 0 fully saturated rings. The molecular formula is C52H33N5. The number of benzene rings is 7. The summed E-state index contributed by atoms with van der Waals surface area (Å²) in [5.74, 6) is 1.89. The zero-order valence-corrected chi connectivity index (χ0v) is 30.8. The number of allylic oxidation sites excluding steroid dienone is 2. The lowest BCUT2D eigenvalue weighted by Gasteiger charge is -2.12. The van der Waals surface area contributed by atoms with Crippen molar-refractivity contribution in [1.82, 2.24) is 24.1 Å². The van der Waals surface area contributed by atoms with Gasteiger partial charge in [-0.3, -0.25) is 0 Å². The Morgan fingerprint density at radius 2 is 0.912 bits per heavy atom. The number of fused-ring (bicyclic) bond motifs is 6. The van der Waals surface area contributed by atoms with Crippen molar-refractivity contribution in [2.45, 2.75) is 0 Å². The van der Waals surface area contributed by atoms with Crippen molar-refractivity contribution in [3.63, 3.8) is 0 Å². The first-order valence-electron chi connectivity index (χ1n) is 19.1. The summed E-state index contributed by atoms with van der Waals surface area (Å²) in [6.45, 7) is 0. The summed E-state index contributed by atoms with van der Waals surface area (Å²) < 4.78 is 4.68. The van der Waals surface area contributed by atoms with Gasteiger partial charge in [0.2, 0.25) is 0 Å². The Morgan fingerprint density at radius 1 is 0.368 bits per heavy atom. The maximum atomic E-state index is 5.02. The second-order valence-corrected chi connectivity index (χ2v) is 14.2. The van der Waals surface area contributed by atoms with Gasteiger partial charge in [-0.15, -0.1) is 5.73 Å². The molecule has 0 radical (unpaired) electrons. The van der Waals surface area contributed by atoms with Gasteiger partial charge in [0.25, 0.3) is 0 Å². The van der Waals surface area contributed by atoms with Crippen LogP contribution in [-0.4, -0.2) is 24.1 Å². The molecular weight excluding hydrogens is 695 g/mol. The van der Waals surface area contributed by atoms with Crippen molar-refractivity contribution >= 4 is 50.4 Å². The molecule has 0 spiro atoms. The summed E-state index contributed by atoms with van der Waals surface area (Å²) in [4.78, 5) is 15.0.